The minimum absolute atomic E-state index is 0.0200. The van der Waals surface area contributed by atoms with Crippen molar-refractivity contribution in [2.45, 2.75) is 25.3 Å². The molecule has 2 N–H and O–H groups in total. The van der Waals surface area contributed by atoms with E-state index in [1.165, 1.54) is 0 Å². The Bertz CT molecular complexity index is 1230. The monoisotopic (exact) mass is 424 g/mol. The number of hydrogen-bond donors (Lipinski definition) is 2. The molecule has 1 aromatic heterocycles. The van der Waals surface area contributed by atoms with Crippen LogP contribution in [0, 0.1) is 5.92 Å². The van der Waals surface area contributed by atoms with E-state index in [1.807, 2.05) is 84.9 Å². The number of rotatable bonds is 6. The molecule has 0 radical (unpaired) electrons. The zero-order valence-corrected chi connectivity index (χ0v) is 17.6. The molecule has 1 aliphatic rings. The smallest absolute Gasteiger partial charge is 0.227 e. The molecule has 3 aromatic carbocycles. The summed E-state index contributed by atoms with van der Waals surface area (Å²) < 4.78 is 6.06. The third kappa shape index (κ3) is 4.14. The lowest BCUT2D eigenvalue weighted by atomic mass is 9.89. The van der Waals surface area contributed by atoms with Crippen LogP contribution >= 0.6 is 0 Å². The van der Waals surface area contributed by atoms with Crippen LogP contribution in [0.5, 0.6) is 0 Å². The van der Waals surface area contributed by atoms with E-state index in [0.29, 0.717) is 18.6 Å². The van der Waals surface area contributed by atoms with Crippen molar-refractivity contribution in [3.05, 3.63) is 102 Å². The number of carbonyl (C=O) groups excluding carboxylic acids is 2. The summed E-state index contributed by atoms with van der Waals surface area (Å²) in [6, 6.07) is 27.0. The van der Waals surface area contributed by atoms with Crippen LogP contribution in [-0.2, 0) is 16.0 Å². The lowest BCUT2D eigenvalue weighted by molar-refractivity contribution is -0.123. The molecule has 1 aliphatic heterocycles. The van der Waals surface area contributed by atoms with Gasteiger partial charge >= 0.3 is 0 Å². The zero-order valence-electron chi connectivity index (χ0n) is 17.6. The standard InChI is InChI=1S/C27H24N2O3/c30-25(15-14-21-16-19-10-4-6-12-22(19)28-27(21)31)29-26(18-8-2-1-3-9-18)24-17-20-11-5-7-13-23(20)32-24/h1-13,17,21,26H,14-16H2,(H,28,31)(H,29,30). The van der Waals surface area contributed by atoms with Crippen LogP contribution in [0.15, 0.2) is 89.3 Å². The van der Waals surface area contributed by atoms with Crippen LogP contribution in [0.2, 0.25) is 0 Å². The number of benzene rings is 3. The van der Waals surface area contributed by atoms with E-state index in [-0.39, 0.29) is 24.2 Å². The van der Waals surface area contributed by atoms with Gasteiger partial charge in [-0.05, 0) is 42.2 Å². The van der Waals surface area contributed by atoms with Gasteiger partial charge < -0.3 is 15.1 Å². The predicted molar refractivity (Wildman–Crippen MR) is 124 cm³/mol. The molecule has 0 aliphatic carbocycles. The fourth-order valence-corrected chi connectivity index (χ4v) is 4.29. The van der Waals surface area contributed by atoms with E-state index in [0.717, 1.165) is 27.8 Å². The van der Waals surface area contributed by atoms with Gasteiger partial charge in [-0.1, -0.05) is 66.7 Å². The summed E-state index contributed by atoms with van der Waals surface area (Å²) >= 11 is 0. The fourth-order valence-electron chi connectivity index (χ4n) is 4.29. The Labute approximate surface area is 186 Å². The average Bonchev–Trinajstić information content (AvgIpc) is 3.25. The highest BCUT2D eigenvalue weighted by atomic mass is 16.3. The Morgan fingerprint density at radius 2 is 1.75 bits per heavy atom. The van der Waals surface area contributed by atoms with E-state index in [1.54, 1.807) is 0 Å². The maximum absolute atomic E-state index is 12.9. The maximum Gasteiger partial charge on any atom is 0.227 e. The summed E-state index contributed by atoms with van der Waals surface area (Å²) in [6.07, 6.45) is 1.42. The van der Waals surface area contributed by atoms with Gasteiger partial charge in [0.15, 0.2) is 0 Å². The number of nitrogens with one attached hydrogen (secondary N) is 2. The minimum atomic E-state index is -0.392. The lowest BCUT2D eigenvalue weighted by Crippen LogP contribution is -2.33. The molecule has 32 heavy (non-hydrogen) atoms. The van der Waals surface area contributed by atoms with E-state index < -0.39 is 6.04 Å². The van der Waals surface area contributed by atoms with E-state index in [2.05, 4.69) is 10.6 Å². The molecule has 0 saturated heterocycles. The fraction of sp³-hybridized carbons (Fsp3) is 0.185. The molecule has 4 aromatic rings. The molecule has 0 fully saturated rings. The van der Waals surface area contributed by atoms with E-state index in [4.69, 9.17) is 4.42 Å². The number of amides is 2. The molecule has 0 saturated carbocycles. The van der Waals surface area contributed by atoms with Crippen molar-refractivity contribution in [2.75, 3.05) is 5.32 Å². The Balaban J connectivity index is 1.31. The molecular weight excluding hydrogens is 400 g/mol. The van der Waals surface area contributed by atoms with Gasteiger partial charge in [0.2, 0.25) is 11.8 Å². The minimum Gasteiger partial charge on any atom is -0.459 e. The first-order valence-corrected chi connectivity index (χ1v) is 10.9. The molecule has 0 spiro atoms. The number of anilines is 1. The molecule has 5 rings (SSSR count). The van der Waals surface area contributed by atoms with Gasteiger partial charge in [0.1, 0.15) is 17.4 Å². The predicted octanol–water partition coefficient (Wildman–Crippen LogP) is 5.23. The Kier molecular flexibility index (Phi) is 5.46. The summed E-state index contributed by atoms with van der Waals surface area (Å²) in [6.45, 7) is 0. The summed E-state index contributed by atoms with van der Waals surface area (Å²) in [7, 11) is 0. The average molecular weight is 425 g/mol. The summed E-state index contributed by atoms with van der Waals surface area (Å²) in [5.74, 6) is 0.353. The van der Waals surface area contributed by atoms with Gasteiger partial charge in [0.25, 0.3) is 0 Å². The van der Waals surface area contributed by atoms with Crippen molar-refractivity contribution >= 4 is 28.5 Å². The first kappa shape index (κ1) is 20.1. The molecule has 2 unspecified atom stereocenters. The van der Waals surface area contributed by atoms with Crippen LogP contribution in [0.1, 0.15) is 35.8 Å². The summed E-state index contributed by atoms with van der Waals surface area (Å²) in [4.78, 5) is 25.4. The second-order valence-corrected chi connectivity index (χ2v) is 8.18. The van der Waals surface area contributed by atoms with Crippen molar-refractivity contribution in [2.24, 2.45) is 5.92 Å². The van der Waals surface area contributed by atoms with E-state index in [9.17, 15) is 9.59 Å². The third-order valence-electron chi connectivity index (χ3n) is 6.00. The van der Waals surface area contributed by atoms with Gasteiger partial charge in [0, 0.05) is 23.4 Å². The lowest BCUT2D eigenvalue weighted by Gasteiger charge is -2.24. The molecule has 2 amide bonds. The molecule has 0 bridgehead atoms. The van der Waals surface area contributed by atoms with Crippen molar-refractivity contribution in [1.82, 2.24) is 5.32 Å². The summed E-state index contributed by atoms with van der Waals surface area (Å²) in [5.41, 5.74) is 3.72. The quantitative estimate of drug-likeness (QED) is 0.445. The Morgan fingerprint density at radius 1 is 1.00 bits per heavy atom. The molecule has 160 valence electrons. The van der Waals surface area contributed by atoms with Crippen LogP contribution in [0.25, 0.3) is 11.0 Å². The Morgan fingerprint density at radius 3 is 2.59 bits per heavy atom. The molecular formula is C27H24N2O3. The molecule has 5 nitrogen and oxygen atoms in total. The second kappa shape index (κ2) is 8.71. The number of carbonyl (C=O) groups is 2. The molecule has 2 heterocycles. The van der Waals surface area contributed by atoms with Gasteiger partial charge in [-0.2, -0.15) is 0 Å². The second-order valence-electron chi connectivity index (χ2n) is 8.18. The maximum atomic E-state index is 12.9. The summed E-state index contributed by atoms with van der Waals surface area (Å²) in [5, 5.41) is 7.07. The van der Waals surface area contributed by atoms with Gasteiger partial charge in [0.05, 0.1) is 0 Å². The molecule has 5 heteroatoms. The zero-order chi connectivity index (χ0) is 21.9. The first-order chi connectivity index (χ1) is 15.7. The largest absolute Gasteiger partial charge is 0.459 e. The van der Waals surface area contributed by atoms with Crippen molar-refractivity contribution in [3.63, 3.8) is 0 Å². The first-order valence-electron chi connectivity index (χ1n) is 10.9. The SMILES string of the molecule is O=C(CCC1Cc2ccccc2NC1=O)NC(c1ccccc1)c1cc2ccccc2o1. The van der Waals surface area contributed by atoms with Crippen LogP contribution in [0.4, 0.5) is 5.69 Å². The number of fused-ring (bicyclic) bond motifs is 2. The van der Waals surface area contributed by atoms with E-state index >= 15 is 0 Å². The normalized spacial score (nSPS) is 16.2. The highest BCUT2D eigenvalue weighted by Crippen LogP contribution is 2.30. The van der Waals surface area contributed by atoms with Crippen LogP contribution in [0.3, 0.4) is 0 Å². The third-order valence-corrected chi connectivity index (χ3v) is 6.00. The van der Waals surface area contributed by atoms with Crippen LogP contribution in [-0.4, -0.2) is 11.8 Å². The van der Waals surface area contributed by atoms with Crippen molar-refractivity contribution in [3.8, 4) is 0 Å². The molecule has 2 atom stereocenters. The number of furan rings is 1. The highest BCUT2D eigenvalue weighted by molar-refractivity contribution is 5.96. The topological polar surface area (TPSA) is 71.3 Å². The van der Waals surface area contributed by atoms with Gasteiger partial charge in [-0.15, -0.1) is 0 Å². The van der Waals surface area contributed by atoms with Crippen LogP contribution < -0.4 is 10.6 Å². The Hall–Kier alpha value is -3.86. The van der Waals surface area contributed by atoms with Crippen molar-refractivity contribution < 1.29 is 14.0 Å². The number of hydrogen-bond acceptors (Lipinski definition) is 3. The van der Waals surface area contributed by atoms with Gasteiger partial charge in [-0.3, -0.25) is 9.59 Å². The van der Waals surface area contributed by atoms with Crippen molar-refractivity contribution in [1.29, 1.82) is 0 Å². The highest BCUT2D eigenvalue weighted by Gasteiger charge is 2.27. The number of para-hydroxylation sites is 2. The van der Waals surface area contributed by atoms with Gasteiger partial charge in [-0.25, -0.2) is 0 Å².